The van der Waals surface area contributed by atoms with Gasteiger partial charge in [0.25, 0.3) is 0 Å². The number of hydrogen-bond donors (Lipinski definition) is 0. The largest absolute Gasteiger partial charge is 0.493 e. The van der Waals surface area contributed by atoms with E-state index in [0.717, 1.165) is 38.6 Å². The fourth-order valence-electron chi connectivity index (χ4n) is 3.18. The lowest BCUT2D eigenvalue weighted by atomic mass is 10.1. The molecular weight excluding hydrogens is 280 g/mol. The summed E-state index contributed by atoms with van der Waals surface area (Å²) in [5.74, 6) is 1.41. The fourth-order valence-corrected chi connectivity index (χ4v) is 3.18. The SMILES string of the molecule is CN1C[C@H]2COC[C@@H]1CN(C(=O)CCOc1ccccc1)C2. The highest BCUT2D eigenvalue weighted by atomic mass is 16.5. The molecule has 2 fully saturated rings. The van der Waals surface area contributed by atoms with Crippen molar-refractivity contribution < 1.29 is 14.3 Å². The quantitative estimate of drug-likeness (QED) is 0.839. The third-order valence-electron chi connectivity index (χ3n) is 4.42. The van der Waals surface area contributed by atoms with E-state index in [1.807, 2.05) is 35.2 Å². The minimum atomic E-state index is 0.183. The van der Waals surface area contributed by atoms with Crippen molar-refractivity contribution in [2.75, 3.05) is 46.5 Å². The van der Waals surface area contributed by atoms with Gasteiger partial charge in [-0.25, -0.2) is 0 Å². The number of ether oxygens (including phenoxy) is 2. The Hall–Kier alpha value is -1.59. The Kier molecular flexibility index (Phi) is 4.95. The maximum Gasteiger partial charge on any atom is 0.226 e. The molecule has 0 N–H and O–H groups in total. The maximum absolute atomic E-state index is 12.5. The lowest BCUT2D eigenvalue weighted by molar-refractivity contribution is -0.133. The van der Waals surface area contributed by atoms with Crippen molar-refractivity contribution in [3.8, 4) is 5.75 Å². The number of rotatable bonds is 4. The molecule has 2 atom stereocenters. The summed E-state index contributed by atoms with van der Waals surface area (Å²) in [5, 5.41) is 0. The lowest BCUT2D eigenvalue weighted by Crippen LogP contribution is -2.45. The van der Waals surface area contributed by atoms with Crippen LogP contribution in [0.2, 0.25) is 0 Å². The Morgan fingerprint density at radius 1 is 1.23 bits per heavy atom. The first-order valence-electron chi connectivity index (χ1n) is 7.96. The van der Waals surface area contributed by atoms with Crippen LogP contribution in [-0.2, 0) is 9.53 Å². The van der Waals surface area contributed by atoms with E-state index in [1.165, 1.54) is 0 Å². The molecule has 2 bridgehead atoms. The van der Waals surface area contributed by atoms with Crippen LogP contribution in [0.25, 0.3) is 0 Å². The normalized spacial score (nSPS) is 25.6. The van der Waals surface area contributed by atoms with E-state index in [9.17, 15) is 4.79 Å². The van der Waals surface area contributed by atoms with E-state index in [-0.39, 0.29) is 5.91 Å². The predicted octanol–water partition coefficient (Wildman–Crippen LogP) is 1.24. The molecule has 2 aliphatic rings. The van der Waals surface area contributed by atoms with Crippen LogP contribution in [-0.4, -0.2) is 68.3 Å². The number of hydrogen-bond acceptors (Lipinski definition) is 4. The minimum absolute atomic E-state index is 0.183. The summed E-state index contributed by atoms with van der Waals surface area (Å²) < 4.78 is 11.3. The van der Waals surface area contributed by atoms with Crippen molar-refractivity contribution >= 4 is 5.91 Å². The van der Waals surface area contributed by atoms with E-state index in [0.29, 0.717) is 25.0 Å². The summed E-state index contributed by atoms with van der Waals surface area (Å²) in [6.07, 6.45) is 0.429. The van der Waals surface area contributed by atoms with Gasteiger partial charge in [0.2, 0.25) is 5.91 Å². The topological polar surface area (TPSA) is 42.0 Å². The van der Waals surface area contributed by atoms with E-state index in [2.05, 4.69) is 11.9 Å². The summed E-state index contributed by atoms with van der Waals surface area (Å²) in [5.41, 5.74) is 0. The van der Waals surface area contributed by atoms with E-state index < -0.39 is 0 Å². The van der Waals surface area contributed by atoms with Gasteiger partial charge >= 0.3 is 0 Å². The van der Waals surface area contributed by atoms with Crippen LogP contribution < -0.4 is 4.74 Å². The van der Waals surface area contributed by atoms with Crippen molar-refractivity contribution in [1.29, 1.82) is 0 Å². The van der Waals surface area contributed by atoms with Crippen LogP contribution >= 0.6 is 0 Å². The van der Waals surface area contributed by atoms with Crippen LogP contribution in [0.3, 0.4) is 0 Å². The molecule has 1 amide bonds. The third-order valence-corrected chi connectivity index (χ3v) is 4.42. The highest BCUT2D eigenvalue weighted by Gasteiger charge is 2.33. The van der Waals surface area contributed by atoms with Gasteiger partial charge in [0.05, 0.1) is 32.3 Å². The number of carbonyl (C=O) groups is 1. The molecule has 0 unspecified atom stereocenters. The summed E-state index contributed by atoms with van der Waals surface area (Å²) in [4.78, 5) is 16.8. The zero-order chi connectivity index (χ0) is 15.4. The van der Waals surface area contributed by atoms with Gasteiger partial charge in [-0.2, -0.15) is 0 Å². The van der Waals surface area contributed by atoms with Crippen molar-refractivity contribution in [3.05, 3.63) is 30.3 Å². The second kappa shape index (κ2) is 7.11. The number of benzene rings is 1. The van der Waals surface area contributed by atoms with Gasteiger partial charge in [-0.15, -0.1) is 0 Å². The third kappa shape index (κ3) is 3.78. The molecule has 2 heterocycles. The average molecular weight is 304 g/mol. The molecule has 1 aromatic carbocycles. The smallest absolute Gasteiger partial charge is 0.226 e. The van der Waals surface area contributed by atoms with Gasteiger partial charge < -0.3 is 14.4 Å². The minimum Gasteiger partial charge on any atom is -0.493 e. The number of carbonyl (C=O) groups excluding carboxylic acids is 1. The standard InChI is InChI=1S/C17H24N2O3/c1-18-9-14-10-19(11-15(18)13-21-12-14)17(20)7-8-22-16-5-3-2-4-6-16/h2-6,14-15H,7-13H2,1H3/t14-,15+/m1/s1. The Balaban J connectivity index is 1.51. The molecule has 5 heteroatoms. The number of nitrogens with zero attached hydrogens (tertiary/aromatic N) is 2. The molecule has 1 aromatic rings. The van der Waals surface area contributed by atoms with E-state index in [1.54, 1.807) is 0 Å². The number of para-hydroxylation sites is 1. The second-order valence-corrected chi connectivity index (χ2v) is 6.21. The van der Waals surface area contributed by atoms with Gasteiger partial charge in [0.15, 0.2) is 0 Å². The van der Waals surface area contributed by atoms with Crippen molar-refractivity contribution in [3.63, 3.8) is 0 Å². The molecule has 120 valence electrons. The van der Waals surface area contributed by atoms with Gasteiger partial charge in [-0.1, -0.05) is 18.2 Å². The Bertz CT molecular complexity index is 494. The monoisotopic (exact) mass is 304 g/mol. The van der Waals surface area contributed by atoms with E-state index in [4.69, 9.17) is 9.47 Å². The second-order valence-electron chi connectivity index (χ2n) is 6.21. The maximum atomic E-state index is 12.5. The zero-order valence-electron chi connectivity index (χ0n) is 13.1. The zero-order valence-corrected chi connectivity index (χ0v) is 13.1. The van der Waals surface area contributed by atoms with Crippen molar-refractivity contribution in [1.82, 2.24) is 9.80 Å². The highest BCUT2D eigenvalue weighted by molar-refractivity contribution is 5.76. The van der Waals surface area contributed by atoms with Crippen LogP contribution in [0.1, 0.15) is 6.42 Å². The molecule has 2 saturated heterocycles. The van der Waals surface area contributed by atoms with Crippen LogP contribution in [0, 0.1) is 5.92 Å². The van der Waals surface area contributed by atoms with Crippen LogP contribution in [0.15, 0.2) is 30.3 Å². The molecule has 0 saturated carbocycles. The van der Waals surface area contributed by atoms with Crippen LogP contribution in [0.5, 0.6) is 5.75 Å². The molecule has 22 heavy (non-hydrogen) atoms. The first-order chi connectivity index (χ1) is 10.7. The number of fused-ring (bicyclic) bond motifs is 3. The Morgan fingerprint density at radius 3 is 2.86 bits per heavy atom. The predicted molar refractivity (Wildman–Crippen MR) is 83.9 cm³/mol. The average Bonchev–Trinajstić information content (AvgIpc) is 2.76. The number of amides is 1. The molecule has 0 radical (unpaired) electrons. The molecule has 2 aliphatic heterocycles. The molecular formula is C17H24N2O3. The van der Waals surface area contributed by atoms with Gasteiger partial charge in [0.1, 0.15) is 5.75 Å². The summed E-state index contributed by atoms with van der Waals surface area (Å²) in [7, 11) is 2.12. The van der Waals surface area contributed by atoms with Gasteiger partial charge in [-0.05, 0) is 19.2 Å². The Labute approximate surface area is 131 Å². The summed E-state index contributed by atoms with van der Waals surface area (Å²) in [6, 6.07) is 9.95. The first kappa shape index (κ1) is 15.3. The lowest BCUT2D eigenvalue weighted by Gasteiger charge is -2.29. The molecule has 3 rings (SSSR count). The molecule has 0 aromatic heterocycles. The molecule has 0 aliphatic carbocycles. The number of likely N-dealkylation sites (N-methyl/N-ethyl adjacent to an activating group) is 1. The molecule has 0 spiro atoms. The van der Waals surface area contributed by atoms with Crippen molar-refractivity contribution in [2.45, 2.75) is 12.5 Å². The highest BCUT2D eigenvalue weighted by Crippen LogP contribution is 2.19. The van der Waals surface area contributed by atoms with E-state index >= 15 is 0 Å². The first-order valence-corrected chi connectivity index (χ1v) is 7.96. The summed E-state index contributed by atoms with van der Waals surface area (Å²) in [6.45, 7) is 4.47. The molecule has 5 nitrogen and oxygen atoms in total. The van der Waals surface area contributed by atoms with Crippen LogP contribution in [0.4, 0.5) is 0 Å². The van der Waals surface area contributed by atoms with Gasteiger partial charge in [0, 0.05) is 25.6 Å². The van der Waals surface area contributed by atoms with Crippen molar-refractivity contribution in [2.24, 2.45) is 5.92 Å². The summed E-state index contributed by atoms with van der Waals surface area (Å²) >= 11 is 0. The van der Waals surface area contributed by atoms with Gasteiger partial charge in [-0.3, -0.25) is 9.69 Å². The Morgan fingerprint density at radius 2 is 2.05 bits per heavy atom. The fraction of sp³-hybridized carbons (Fsp3) is 0.588.